The number of fused-ring (bicyclic) bond motifs is 1. The Hall–Kier alpha value is -3.16. The fourth-order valence-corrected chi connectivity index (χ4v) is 1.97. The average molecular weight is 299 g/mol. The molecule has 8 heteroatoms. The second-order valence-corrected chi connectivity index (χ2v) is 4.49. The maximum absolute atomic E-state index is 11.9. The second kappa shape index (κ2) is 5.68. The highest BCUT2D eigenvalue weighted by atomic mass is 16.5. The van der Waals surface area contributed by atoms with Gasteiger partial charge in [0.15, 0.2) is 0 Å². The van der Waals surface area contributed by atoms with E-state index >= 15 is 0 Å². The zero-order valence-corrected chi connectivity index (χ0v) is 11.7. The van der Waals surface area contributed by atoms with Crippen molar-refractivity contribution in [1.82, 2.24) is 20.2 Å². The second-order valence-electron chi connectivity index (χ2n) is 4.49. The first kappa shape index (κ1) is 13.8. The molecule has 22 heavy (non-hydrogen) atoms. The topological polar surface area (TPSA) is 113 Å². The molecule has 0 aliphatic heterocycles. The number of benzene rings is 1. The normalized spacial score (nSPS) is 10.6. The number of nitrogens with one attached hydrogen (secondary N) is 3. The third-order valence-electron chi connectivity index (χ3n) is 3.00. The van der Waals surface area contributed by atoms with E-state index in [9.17, 15) is 9.59 Å². The molecule has 3 aromatic rings. The average Bonchev–Trinajstić information content (AvgIpc) is 2.95. The van der Waals surface area contributed by atoms with Crippen LogP contribution in [-0.4, -0.2) is 32.7 Å². The Balaban J connectivity index is 1.84. The standard InChI is InChI=1S/C14H13N5O3/c1-2-22-13(21)10-7-15-14(18-12(10)20)17-9-3-4-11-8(5-9)6-16-19-11/h3-7H,2H2,1H3,(H,16,19)(H2,15,17,18,20). The van der Waals surface area contributed by atoms with Gasteiger partial charge in [-0.05, 0) is 25.1 Å². The molecule has 0 aliphatic carbocycles. The molecule has 0 spiro atoms. The van der Waals surface area contributed by atoms with E-state index in [2.05, 4.69) is 25.5 Å². The van der Waals surface area contributed by atoms with Crippen molar-refractivity contribution in [2.45, 2.75) is 6.92 Å². The number of carbonyl (C=O) groups excluding carboxylic acids is 1. The van der Waals surface area contributed by atoms with Gasteiger partial charge in [0.1, 0.15) is 5.56 Å². The molecule has 0 amide bonds. The summed E-state index contributed by atoms with van der Waals surface area (Å²) in [5, 5.41) is 10.7. The van der Waals surface area contributed by atoms with Crippen LogP contribution >= 0.6 is 0 Å². The minimum atomic E-state index is -0.692. The van der Waals surface area contributed by atoms with Gasteiger partial charge in [-0.25, -0.2) is 9.78 Å². The fraction of sp³-hybridized carbons (Fsp3) is 0.143. The lowest BCUT2D eigenvalue weighted by Crippen LogP contribution is -2.21. The summed E-state index contributed by atoms with van der Waals surface area (Å²) < 4.78 is 4.78. The zero-order chi connectivity index (χ0) is 15.5. The summed E-state index contributed by atoms with van der Waals surface area (Å²) in [5.74, 6) is -0.455. The largest absolute Gasteiger partial charge is 0.462 e. The number of rotatable bonds is 4. The number of aromatic amines is 2. The van der Waals surface area contributed by atoms with Crippen LogP contribution in [0.3, 0.4) is 0 Å². The van der Waals surface area contributed by atoms with E-state index in [1.807, 2.05) is 18.2 Å². The van der Waals surface area contributed by atoms with Gasteiger partial charge >= 0.3 is 5.97 Å². The summed E-state index contributed by atoms with van der Waals surface area (Å²) in [6, 6.07) is 5.54. The predicted octanol–water partition coefficient (Wildman–Crippen LogP) is 1.57. The summed E-state index contributed by atoms with van der Waals surface area (Å²) in [4.78, 5) is 29.9. The van der Waals surface area contributed by atoms with E-state index in [0.29, 0.717) is 0 Å². The van der Waals surface area contributed by atoms with Crippen LogP contribution in [0, 0.1) is 0 Å². The third-order valence-corrected chi connectivity index (χ3v) is 3.00. The third kappa shape index (κ3) is 2.66. The van der Waals surface area contributed by atoms with Gasteiger partial charge in [0, 0.05) is 11.1 Å². The van der Waals surface area contributed by atoms with E-state index in [0.717, 1.165) is 16.6 Å². The van der Waals surface area contributed by atoms with E-state index in [1.54, 1.807) is 13.1 Å². The first-order valence-electron chi connectivity index (χ1n) is 6.64. The molecule has 0 atom stereocenters. The van der Waals surface area contributed by atoms with Gasteiger partial charge in [-0.1, -0.05) is 0 Å². The van der Waals surface area contributed by atoms with Crippen molar-refractivity contribution < 1.29 is 9.53 Å². The highest BCUT2D eigenvalue weighted by Crippen LogP contribution is 2.18. The van der Waals surface area contributed by atoms with Crippen molar-refractivity contribution in [2.75, 3.05) is 11.9 Å². The molecule has 2 heterocycles. The van der Waals surface area contributed by atoms with Gasteiger partial charge in [0.25, 0.3) is 5.56 Å². The fourth-order valence-electron chi connectivity index (χ4n) is 1.97. The van der Waals surface area contributed by atoms with E-state index in [-0.39, 0.29) is 18.1 Å². The van der Waals surface area contributed by atoms with Gasteiger partial charge in [-0.2, -0.15) is 5.10 Å². The molecule has 0 fully saturated rings. The number of hydrogen-bond acceptors (Lipinski definition) is 6. The smallest absolute Gasteiger partial charge is 0.345 e. The van der Waals surface area contributed by atoms with Crippen molar-refractivity contribution in [3.8, 4) is 0 Å². The van der Waals surface area contributed by atoms with Crippen LogP contribution < -0.4 is 10.9 Å². The molecular formula is C14H13N5O3. The number of hydrogen-bond donors (Lipinski definition) is 3. The van der Waals surface area contributed by atoms with Crippen LogP contribution in [0.5, 0.6) is 0 Å². The van der Waals surface area contributed by atoms with Crippen LogP contribution in [-0.2, 0) is 4.74 Å². The van der Waals surface area contributed by atoms with Crippen LogP contribution in [0.15, 0.2) is 35.4 Å². The number of carbonyl (C=O) groups is 1. The van der Waals surface area contributed by atoms with Crippen molar-refractivity contribution in [3.63, 3.8) is 0 Å². The first-order chi connectivity index (χ1) is 10.7. The molecule has 2 aromatic heterocycles. The Morgan fingerprint density at radius 2 is 2.23 bits per heavy atom. The Morgan fingerprint density at radius 1 is 1.36 bits per heavy atom. The predicted molar refractivity (Wildman–Crippen MR) is 80.2 cm³/mol. The molecule has 1 aromatic carbocycles. The van der Waals surface area contributed by atoms with Crippen LogP contribution in [0.25, 0.3) is 10.9 Å². The lowest BCUT2D eigenvalue weighted by atomic mass is 10.2. The quantitative estimate of drug-likeness (QED) is 0.630. The number of ether oxygens (including phenoxy) is 1. The first-order valence-corrected chi connectivity index (χ1v) is 6.64. The summed E-state index contributed by atoms with van der Waals surface area (Å²) in [6.07, 6.45) is 2.88. The molecule has 0 bridgehead atoms. The molecule has 0 saturated heterocycles. The number of aromatic nitrogens is 4. The molecule has 3 N–H and O–H groups in total. The van der Waals surface area contributed by atoms with E-state index < -0.39 is 11.5 Å². The van der Waals surface area contributed by atoms with Gasteiger partial charge in [0.05, 0.1) is 24.5 Å². The number of esters is 1. The highest BCUT2D eigenvalue weighted by Gasteiger charge is 2.12. The molecule has 0 saturated carbocycles. The molecule has 8 nitrogen and oxygen atoms in total. The maximum Gasteiger partial charge on any atom is 0.345 e. The monoisotopic (exact) mass is 299 g/mol. The van der Waals surface area contributed by atoms with Crippen LogP contribution in [0.4, 0.5) is 11.6 Å². The Kier molecular flexibility index (Phi) is 3.57. The molecule has 3 rings (SSSR count). The zero-order valence-electron chi connectivity index (χ0n) is 11.7. The summed E-state index contributed by atoms with van der Waals surface area (Å²) >= 11 is 0. The van der Waals surface area contributed by atoms with Crippen molar-refractivity contribution >= 4 is 28.5 Å². The van der Waals surface area contributed by atoms with Crippen LogP contribution in [0.2, 0.25) is 0 Å². The SMILES string of the molecule is CCOC(=O)c1cnc(Nc2ccc3[nH]ncc3c2)[nH]c1=O. The Labute approximate surface area is 124 Å². The van der Waals surface area contributed by atoms with Crippen molar-refractivity contribution in [2.24, 2.45) is 0 Å². The number of nitrogens with zero attached hydrogens (tertiary/aromatic N) is 2. The Morgan fingerprint density at radius 3 is 3.00 bits per heavy atom. The molecule has 0 aliphatic rings. The lowest BCUT2D eigenvalue weighted by molar-refractivity contribution is 0.0524. The summed E-state index contributed by atoms with van der Waals surface area (Å²) in [5.41, 5.74) is 0.962. The van der Waals surface area contributed by atoms with Crippen LogP contribution in [0.1, 0.15) is 17.3 Å². The minimum Gasteiger partial charge on any atom is -0.462 e. The molecule has 0 radical (unpaired) electrons. The number of H-pyrrole nitrogens is 2. The minimum absolute atomic E-state index is 0.127. The Bertz CT molecular complexity index is 883. The maximum atomic E-state index is 11.9. The highest BCUT2D eigenvalue weighted by molar-refractivity contribution is 5.88. The van der Waals surface area contributed by atoms with Gasteiger partial charge in [-0.15, -0.1) is 0 Å². The van der Waals surface area contributed by atoms with Crippen molar-refractivity contribution in [1.29, 1.82) is 0 Å². The van der Waals surface area contributed by atoms with Gasteiger partial charge in [0.2, 0.25) is 5.95 Å². The van der Waals surface area contributed by atoms with E-state index in [4.69, 9.17) is 4.74 Å². The lowest BCUT2D eigenvalue weighted by Gasteiger charge is -2.06. The summed E-state index contributed by atoms with van der Waals surface area (Å²) in [6.45, 7) is 1.87. The van der Waals surface area contributed by atoms with Crippen molar-refractivity contribution in [3.05, 3.63) is 46.5 Å². The van der Waals surface area contributed by atoms with E-state index in [1.165, 1.54) is 6.20 Å². The van der Waals surface area contributed by atoms with Gasteiger partial charge < -0.3 is 10.1 Å². The number of anilines is 2. The molecule has 0 unspecified atom stereocenters. The molecular weight excluding hydrogens is 286 g/mol. The summed E-state index contributed by atoms with van der Waals surface area (Å²) in [7, 11) is 0. The molecule has 112 valence electrons. The van der Waals surface area contributed by atoms with Gasteiger partial charge in [-0.3, -0.25) is 14.9 Å².